The average molecular weight is 236 g/mol. The van der Waals surface area contributed by atoms with Crippen LogP contribution in [0.5, 0.6) is 0 Å². The molecule has 96 valence electrons. The molecule has 1 N–H and O–H groups in total. The first kappa shape index (κ1) is 14.1. The summed E-state index contributed by atoms with van der Waals surface area (Å²) in [5, 5.41) is 3.36. The fourth-order valence-corrected chi connectivity index (χ4v) is 2.13. The first-order valence-electron chi connectivity index (χ1n) is 6.37. The van der Waals surface area contributed by atoms with Crippen LogP contribution in [0.4, 0.5) is 0 Å². The van der Waals surface area contributed by atoms with Gasteiger partial charge in [0, 0.05) is 31.0 Å². The van der Waals surface area contributed by atoms with Crippen molar-refractivity contribution in [1.29, 1.82) is 0 Å². The largest absolute Gasteiger partial charge is 0.374 e. The summed E-state index contributed by atoms with van der Waals surface area (Å²) >= 11 is 0. The van der Waals surface area contributed by atoms with E-state index in [-0.39, 0.29) is 11.6 Å². The van der Waals surface area contributed by atoms with Crippen molar-refractivity contribution in [2.45, 2.75) is 45.3 Å². The van der Waals surface area contributed by atoms with Crippen molar-refractivity contribution in [2.75, 3.05) is 13.7 Å². The lowest BCUT2D eigenvalue weighted by molar-refractivity contribution is -0.0536. The summed E-state index contributed by atoms with van der Waals surface area (Å²) in [5.41, 5.74) is 0.965. The van der Waals surface area contributed by atoms with Crippen LogP contribution in [0.2, 0.25) is 0 Å². The summed E-state index contributed by atoms with van der Waals surface area (Å²) in [6.45, 7) is 7.12. The molecule has 2 unspecified atom stereocenters. The van der Waals surface area contributed by atoms with Crippen LogP contribution in [0.3, 0.4) is 0 Å². The van der Waals surface area contributed by atoms with Crippen molar-refractivity contribution in [3.63, 3.8) is 0 Å². The standard InChI is InChI=1S/C14H24N2O/c1-5-14(3,17-6-2)13(15-4)11-12-9-7-8-10-16-12/h7-10,13,15H,5-6,11H2,1-4H3. The SMILES string of the molecule is CCOC(C)(CC)C(Cc1ccccn1)NC. The van der Waals surface area contributed by atoms with E-state index >= 15 is 0 Å². The molecule has 0 saturated carbocycles. The van der Waals surface area contributed by atoms with Crippen molar-refractivity contribution in [3.8, 4) is 0 Å². The Kier molecular flexibility index (Phi) is 5.59. The van der Waals surface area contributed by atoms with Gasteiger partial charge in [-0.15, -0.1) is 0 Å². The van der Waals surface area contributed by atoms with Crippen LogP contribution in [0, 0.1) is 0 Å². The summed E-state index contributed by atoms with van der Waals surface area (Å²) in [5.74, 6) is 0. The smallest absolute Gasteiger partial charge is 0.0807 e. The molecule has 0 aliphatic carbocycles. The van der Waals surface area contributed by atoms with Crippen molar-refractivity contribution >= 4 is 0 Å². The van der Waals surface area contributed by atoms with Gasteiger partial charge < -0.3 is 10.1 Å². The molecule has 0 fully saturated rings. The molecule has 3 nitrogen and oxygen atoms in total. The Morgan fingerprint density at radius 1 is 1.41 bits per heavy atom. The van der Waals surface area contributed by atoms with Crippen LogP contribution in [0.1, 0.15) is 32.9 Å². The molecule has 0 aliphatic rings. The third-order valence-corrected chi connectivity index (χ3v) is 3.40. The molecule has 0 amide bonds. The highest BCUT2D eigenvalue weighted by molar-refractivity contribution is 5.07. The van der Waals surface area contributed by atoms with Gasteiger partial charge in [0.2, 0.25) is 0 Å². The Bertz CT molecular complexity index is 315. The maximum atomic E-state index is 5.91. The second-order valence-corrected chi connectivity index (χ2v) is 4.47. The highest BCUT2D eigenvalue weighted by atomic mass is 16.5. The molecule has 2 atom stereocenters. The fourth-order valence-electron chi connectivity index (χ4n) is 2.13. The van der Waals surface area contributed by atoms with Gasteiger partial charge in [-0.2, -0.15) is 0 Å². The fraction of sp³-hybridized carbons (Fsp3) is 0.643. The Labute approximate surface area is 105 Å². The quantitative estimate of drug-likeness (QED) is 0.789. The highest BCUT2D eigenvalue weighted by Crippen LogP contribution is 2.22. The molecular weight excluding hydrogens is 212 g/mol. The number of hydrogen-bond donors (Lipinski definition) is 1. The molecule has 0 spiro atoms. The molecule has 0 aliphatic heterocycles. The minimum Gasteiger partial charge on any atom is -0.374 e. The zero-order valence-electron chi connectivity index (χ0n) is 11.4. The van der Waals surface area contributed by atoms with Crippen LogP contribution >= 0.6 is 0 Å². The summed E-state index contributed by atoms with van der Waals surface area (Å²) in [6, 6.07) is 6.31. The zero-order valence-corrected chi connectivity index (χ0v) is 11.4. The van der Waals surface area contributed by atoms with Crippen molar-refractivity contribution in [1.82, 2.24) is 10.3 Å². The first-order valence-corrected chi connectivity index (χ1v) is 6.37. The van der Waals surface area contributed by atoms with E-state index in [2.05, 4.69) is 30.2 Å². The highest BCUT2D eigenvalue weighted by Gasteiger charge is 2.32. The number of rotatable bonds is 7. The summed E-state index contributed by atoms with van der Waals surface area (Å²) in [4.78, 5) is 4.38. The third-order valence-electron chi connectivity index (χ3n) is 3.40. The molecule has 1 heterocycles. The second-order valence-electron chi connectivity index (χ2n) is 4.47. The van der Waals surface area contributed by atoms with Gasteiger partial charge in [-0.3, -0.25) is 4.98 Å². The number of hydrogen-bond acceptors (Lipinski definition) is 3. The molecule has 0 aromatic carbocycles. The predicted molar refractivity (Wildman–Crippen MR) is 71.1 cm³/mol. The third kappa shape index (κ3) is 3.79. The molecule has 1 aromatic rings. The number of likely N-dealkylation sites (N-methyl/N-ethyl adjacent to an activating group) is 1. The molecule has 0 saturated heterocycles. The molecule has 1 rings (SSSR count). The predicted octanol–water partition coefficient (Wildman–Crippen LogP) is 2.42. The van der Waals surface area contributed by atoms with Crippen LogP contribution in [0.15, 0.2) is 24.4 Å². The van der Waals surface area contributed by atoms with Crippen LogP contribution in [-0.2, 0) is 11.2 Å². The van der Waals surface area contributed by atoms with Crippen molar-refractivity contribution in [3.05, 3.63) is 30.1 Å². The Morgan fingerprint density at radius 2 is 2.18 bits per heavy atom. The molecule has 17 heavy (non-hydrogen) atoms. The van der Waals surface area contributed by atoms with E-state index in [1.54, 1.807) is 0 Å². The molecule has 1 aromatic heterocycles. The maximum absolute atomic E-state index is 5.91. The number of aromatic nitrogens is 1. The van der Waals surface area contributed by atoms with E-state index in [0.717, 1.165) is 25.1 Å². The van der Waals surface area contributed by atoms with Gasteiger partial charge in [0.05, 0.1) is 5.60 Å². The van der Waals surface area contributed by atoms with Crippen LogP contribution in [-0.4, -0.2) is 30.3 Å². The van der Waals surface area contributed by atoms with E-state index in [4.69, 9.17) is 4.74 Å². The van der Waals surface area contributed by atoms with E-state index in [1.807, 2.05) is 32.3 Å². The van der Waals surface area contributed by atoms with Gasteiger partial charge in [0.1, 0.15) is 0 Å². The number of nitrogens with zero attached hydrogens (tertiary/aromatic N) is 1. The molecular formula is C14H24N2O. The van der Waals surface area contributed by atoms with Gasteiger partial charge in [-0.05, 0) is 39.4 Å². The van der Waals surface area contributed by atoms with Gasteiger partial charge in [-0.1, -0.05) is 13.0 Å². The molecule has 3 heteroatoms. The Hall–Kier alpha value is -0.930. The minimum atomic E-state index is -0.138. The van der Waals surface area contributed by atoms with Gasteiger partial charge >= 0.3 is 0 Å². The second kappa shape index (κ2) is 6.72. The average Bonchev–Trinajstić information content (AvgIpc) is 2.37. The lowest BCUT2D eigenvalue weighted by Gasteiger charge is -2.36. The summed E-state index contributed by atoms with van der Waals surface area (Å²) in [7, 11) is 1.99. The van der Waals surface area contributed by atoms with Crippen LogP contribution in [0.25, 0.3) is 0 Å². The number of nitrogens with one attached hydrogen (secondary N) is 1. The summed E-state index contributed by atoms with van der Waals surface area (Å²) < 4.78 is 5.91. The van der Waals surface area contributed by atoms with Gasteiger partial charge in [0.15, 0.2) is 0 Å². The molecule has 0 radical (unpaired) electrons. The van der Waals surface area contributed by atoms with E-state index in [0.29, 0.717) is 0 Å². The lowest BCUT2D eigenvalue weighted by Crippen LogP contribution is -2.50. The lowest BCUT2D eigenvalue weighted by atomic mass is 9.89. The topological polar surface area (TPSA) is 34.1 Å². The van der Waals surface area contributed by atoms with E-state index in [9.17, 15) is 0 Å². The van der Waals surface area contributed by atoms with Crippen LogP contribution < -0.4 is 5.32 Å². The minimum absolute atomic E-state index is 0.138. The normalized spacial score (nSPS) is 16.5. The maximum Gasteiger partial charge on any atom is 0.0807 e. The monoisotopic (exact) mass is 236 g/mol. The Morgan fingerprint density at radius 3 is 2.65 bits per heavy atom. The Balaban J connectivity index is 2.76. The zero-order chi connectivity index (χ0) is 12.7. The van der Waals surface area contributed by atoms with Crippen molar-refractivity contribution < 1.29 is 4.74 Å². The summed E-state index contributed by atoms with van der Waals surface area (Å²) in [6.07, 6.45) is 3.72. The van der Waals surface area contributed by atoms with Gasteiger partial charge in [-0.25, -0.2) is 0 Å². The number of pyridine rings is 1. The first-order chi connectivity index (χ1) is 8.16. The van der Waals surface area contributed by atoms with E-state index < -0.39 is 0 Å². The van der Waals surface area contributed by atoms with E-state index in [1.165, 1.54) is 0 Å². The van der Waals surface area contributed by atoms with Gasteiger partial charge in [0.25, 0.3) is 0 Å². The number of ether oxygens (including phenoxy) is 1. The molecule has 0 bridgehead atoms. The van der Waals surface area contributed by atoms with Crippen molar-refractivity contribution in [2.24, 2.45) is 0 Å².